The molecule has 2 rings (SSSR count). The highest BCUT2D eigenvalue weighted by Crippen LogP contribution is 2.37. The second-order valence-electron chi connectivity index (χ2n) is 5.63. The fraction of sp³-hybridized carbons (Fsp3) is 0.588. The Balaban J connectivity index is 2.25. The van der Waals surface area contributed by atoms with E-state index in [1.165, 1.54) is 12.8 Å². The maximum absolute atomic E-state index is 5.73. The lowest BCUT2D eigenvalue weighted by Gasteiger charge is -2.32. The Morgan fingerprint density at radius 2 is 1.86 bits per heavy atom. The van der Waals surface area contributed by atoms with Crippen LogP contribution in [0, 0.1) is 5.92 Å². The number of likely N-dealkylation sites (tertiary alicyclic amines) is 1. The minimum absolute atomic E-state index is 0.601. The number of rotatable bonds is 5. The van der Waals surface area contributed by atoms with Gasteiger partial charge in [0.05, 0.1) is 17.7 Å². The van der Waals surface area contributed by atoms with E-state index in [1.54, 1.807) is 0 Å². The predicted molar refractivity (Wildman–Crippen MR) is 98.2 cm³/mol. The summed E-state index contributed by atoms with van der Waals surface area (Å²) in [6.45, 7) is 9.53. The maximum Gasteiger partial charge on any atom is 0.175 e. The number of halogens is 1. The van der Waals surface area contributed by atoms with Crippen LogP contribution in [0.25, 0.3) is 0 Å². The van der Waals surface area contributed by atoms with Crippen molar-refractivity contribution in [1.82, 2.24) is 4.90 Å². The summed E-state index contributed by atoms with van der Waals surface area (Å²) in [4.78, 5) is 3.20. The molecule has 0 bridgehead atoms. The Labute approximate surface area is 147 Å². The largest absolute Gasteiger partial charge is 0.490 e. The average Bonchev–Trinajstić information content (AvgIpc) is 2.50. The van der Waals surface area contributed by atoms with Crippen LogP contribution in [0.2, 0.25) is 0 Å². The number of hydrogen-bond acceptors (Lipinski definition) is 3. The lowest BCUT2D eigenvalue weighted by atomic mass is 9.99. The average molecular weight is 386 g/mol. The van der Waals surface area contributed by atoms with Crippen molar-refractivity contribution in [2.75, 3.05) is 26.3 Å². The third kappa shape index (κ3) is 4.13. The van der Waals surface area contributed by atoms with Gasteiger partial charge in [-0.3, -0.25) is 0 Å². The first kappa shape index (κ1) is 17.5. The summed E-state index contributed by atoms with van der Waals surface area (Å²) < 4.78 is 12.3. The van der Waals surface area contributed by atoms with Crippen LogP contribution in [0.1, 0.15) is 39.2 Å². The Kier molecular flexibility index (Phi) is 6.50. The van der Waals surface area contributed by atoms with Gasteiger partial charge in [0.25, 0.3) is 0 Å². The minimum Gasteiger partial charge on any atom is -0.490 e. The first-order valence-electron chi connectivity index (χ1n) is 7.95. The van der Waals surface area contributed by atoms with Crippen molar-refractivity contribution in [2.45, 2.75) is 33.6 Å². The van der Waals surface area contributed by atoms with Gasteiger partial charge in [0.15, 0.2) is 11.5 Å². The Morgan fingerprint density at radius 1 is 1.23 bits per heavy atom. The molecule has 22 heavy (non-hydrogen) atoms. The first-order valence-corrected chi connectivity index (χ1v) is 9.15. The van der Waals surface area contributed by atoms with Crippen LogP contribution in [0.3, 0.4) is 0 Å². The van der Waals surface area contributed by atoms with Crippen LogP contribution in [-0.2, 0) is 0 Å². The van der Waals surface area contributed by atoms with Crippen LogP contribution in [0.15, 0.2) is 16.6 Å². The van der Waals surface area contributed by atoms with Crippen molar-refractivity contribution in [1.29, 1.82) is 0 Å². The van der Waals surface area contributed by atoms with Gasteiger partial charge in [-0.1, -0.05) is 19.1 Å². The normalized spacial score (nSPS) is 15.7. The fourth-order valence-electron chi connectivity index (χ4n) is 2.63. The molecule has 0 saturated carbocycles. The second kappa shape index (κ2) is 8.16. The third-order valence-corrected chi connectivity index (χ3v) is 5.00. The standard InChI is InChI=1S/C17H24BrNO2S/c1-4-20-15-11-13(10-14(18)16(15)21-5-2)17(22)19-8-6-12(3)7-9-19/h10-12H,4-9H2,1-3H3. The van der Waals surface area contributed by atoms with Crippen molar-refractivity contribution in [3.8, 4) is 11.5 Å². The number of piperidine rings is 1. The molecular formula is C17H24BrNO2S. The van der Waals surface area contributed by atoms with Gasteiger partial charge in [-0.15, -0.1) is 0 Å². The molecule has 0 atom stereocenters. The second-order valence-corrected chi connectivity index (χ2v) is 6.87. The molecule has 0 spiro atoms. The number of ether oxygens (including phenoxy) is 2. The molecule has 0 amide bonds. The van der Waals surface area contributed by atoms with Gasteiger partial charge < -0.3 is 14.4 Å². The summed E-state index contributed by atoms with van der Waals surface area (Å²) in [6.07, 6.45) is 2.41. The van der Waals surface area contributed by atoms with E-state index in [-0.39, 0.29) is 0 Å². The fourth-order valence-corrected chi connectivity index (χ4v) is 3.49. The molecule has 0 radical (unpaired) electrons. The van der Waals surface area contributed by atoms with E-state index in [1.807, 2.05) is 26.0 Å². The summed E-state index contributed by atoms with van der Waals surface area (Å²) in [5, 5.41) is 0. The minimum atomic E-state index is 0.601. The summed E-state index contributed by atoms with van der Waals surface area (Å²) in [7, 11) is 0. The third-order valence-electron chi connectivity index (χ3n) is 3.92. The van der Waals surface area contributed by atoms with Crippen molar-refractivity contribution < 1.29 is 9.47 Å². The summed E-state index contributed by atoms with van der Waals surface area (Å²) in [5.41, 5.74) is 1.02. The summed E-state index contributed by atoms with van der Waals surface area (Å²) in [6, 6.07) is 4.04. The van der Waals surface area contributed by atoms with Gasteiger partial charge in [-0.05, 0) is 60.7 Å². The molecule has 1 fully saturated rings. The van der Waals surface area contributed by atoms with E-state index in [0.29, 0.717) is 13.2 Å². The lowest BCUT2D eigenvalue weighted by Crippen LogP contribution is -2.37. The van der Waals surface area contributed by atoms with Crippen molar-refractivity contribution in [2.24, 2.45) is 5.92 Å². The Hall–Kier alpha value is -0.810. The van der Waals surface area contributed by atoms with E-state index in [4.69, 9.17) is 21.7 Å². The predicted octanol–water partition coefficient (Wildman–Crippen LogP) is 4.65. The number of nitrogens with zero attached hydrogens (tertiary/aromatic N) is 1. The van der Waals surface area contributed by atoms with Gasteiger partial charge in [-0.2, -0.15) is 0 Å². The van der Waals surface area contributed by atoms with Crippen LogP contribution >= 0.6 is 28.1 Å². The van der Waals surface area contributed by atoms with Crippen LogP contribution in [-0.4, -0.2) is 36.2 Å². The molecule has 1 saturated heterocycles. The van der Waals surface area contributed by atoms with Gasteiger partial charge in [0.2, 0.25) is 0 Å². The van der Waals surface area contributed by atoms with E-state index >= 15 is 0 Å². The molecule has 1 aliphatic rings. The molecule has 0 N–H and O–H groups in total. The molecule has 5 heteroatoms. The van der Waals surface area contributed by atoms with Gasteiger partial charge in [-0.25, -0.2) is 0 Å². The molecule has 3 nitrogen and oxygen atoms in total. The number of hydrogen-bond donors (Lipinski definition) is 0. The van der Waals surface area contributed by atoms with Gasteiger partial charge >= 0.3 is 0 Å². The molecule has 0 aliphatic carbocycles. The Bertz CT molecular complexity index is 528. The van der Waals surface area contributed by atoms with E-state index in [0.717, 1.165) is 45.5 Å². The zero-order valence-corrected chi connectivity index (χ0v) is 15.9. The lowest BCUT2D eigenvalue weighted by molar-refractivity contribution is 0.282. The quantitative estimate of drug-likeness (QED) is 0.687. The van der Waals surface area contributed by atoms with Crippen molar-refractivity contribution in [3.63, 3.8) is 0 Å². The molecule has 122 valence electrons. The maximum atomic E-state index is 5.73. The van der Waals surface area contributed by atoms with Crippen molar-refractivity contribution >= 4 is 33.1 Å². The van der Waals surface area contributed by atoms with E-state index in [9.17, 15) is 0 Å². The van der Waals surface area contributed by atoms with Crippen LogP contribution in [0.5, 0.6) is 11.5 Å². The van der Waals surface area contributed by atoms with E-state index < -0.39 is 0 Å². The molecule has 1 aliphatic heterocycles. The highest BCUT2D eigenvalue weighted by molar-refractivity contribution is 9.10. The molecular weight excluding hydrogens is 362 g/mol. The monoisotopic (exact) mass is 385 g/mol. The van der Waals surface area contributed by atoms with E-state index in [2.05, 4.69) is 27.8 Å². The molecule has 0 aromatic heterocycles. The summed E-state index contributed by atoms with van der Waals surface area (Å²) in [5.74, 6) is 2.30. The SMILES string of the molecule is CCOc1cc(C(=S)N2CCC(C)CC2)cc(Br)c1OCC. The summed E-state index contributed by atoms with van der Waals surface area (Å²) >= 11 is 9.29. The van der Waals surface area contributed by atoms with Crippen LogP contribution < -0.4 is 9.47 Å². The highest BCUT2D eigenvalue weighted by Gasteiger charge is 2.21. The van der Waals surface area contributed by atoms with Crippen LogP contribution in [0.4, 0.5) is 0 Å². The zero-order valence-electron chi connectivity index (χ0n) is 13.5. The number of thiocarbonyl (C=S) groups is 1. The molecule has 0 unspecified atom stereocenters. The number of benzene rings is 1. The highest BCUT2D eigenvalue weighted by atomic mass is 79.9. The van der Waals surface area contributed by atoms with Gasteiger partial charge in [0.1, 0.15) is 4.99 Å². The van der Waals surface area contributed by atoms with Gasteiger partial charge in [0, 0.05) is 18.7 Å². The zero-order chi connectivity index (χ0) is 16.1. The molecule has 1 heterocycles. The first-order chi connectivity index (χ1) is 10.6. The Morgan fingerprint density at radius 3 is 2.45 bits per heavy atom. The molecule has 1 aromatic rings. The molecule has 1 aromatic carbocycles. The smallest absolute Gasteiger partial charge is 0.175 e. The topological polar surface area (TPSA) is 21.7 Å². The van der Waals surface area contributed by atoms with Crippen molar-refractivity contribution in [3.05, 3.63) is 22.2 Å².